The number of amides is 2. The average molecular weight is 482 g/mol. The van der Waals surface area contributed by atoms with Gasteiger partial charge in [0, 0.05) is 24.0 Å². The minimum Gasteiger partial charge on any atom is -0.483 e. The number of hydrogen-bond acceptors (Lipinski definition) is 4. The summed E-state index contributed by atoms with van der Waals surface area (Å²) in [6.45, 7) is 2.46. The molecule has 34 heavy (non-hydrogen) atoms. The molecule has 2 aromatic rings. The number of nitrogens with one attached hydrogen (secondary N) is 2. The van der Waals surface area contributed by atoms with Crippen molar-refractivity contribution in [2.75, 3.05) is 20.1 Å². The van der Waals surface area contributed by atoms with E-state index >= 15 is 0 Å². The van der Waals surface area contributed by atoms with Crippen LogP contribution in [0.15, 0.2) is 60.4 Å². The Hall–Kier alpha value is -2.83. The van der Waals surface area contributed by atoms with E-state index in [-0.39, 0.29) is 29.9 Å². The zero-order chi connectivity index (χ0) is 23.9. The Morgan fingerprint density at radius 1 is 1.21 bits per heavy atom. The van der Waals surface area contributed by atoms with Crippen LogP contribution in [0.4, 0.5) is 0 Å². The zero-order valence-electron chi connectivity index (χ0n) is 19.5. The molecule has 2 aromatic carbocycles. The van der Waals surface area contributed by atoms with Gasteiger partial charge in [0.05, 0.1) is 6.04 Å². The Morgan fingerprint density at radius 3 is 2.82 bits per heavy atom. The molecule has 7 heteroatoms. The van der Waals surface area contributed by atoms with Crippen molar-refractivity contribution in [3.63, 3.8) is 0 Å². The molecule has 2 amide bonds. The van der Waals surface area contributed by atoms with Crippen molar-refractivity contribution in [2.45, 2.75) is 44.4 Å². The summed E-state index contributed by atoms with van der Waals surface area (Å²) < 4.78 is 6.02. The van der Waals surface area contributed by atoms with Crippen LogP contribution < -0.4 is 10.6 Å². The summed E-state index contributed by atoms with van der Waals surface area (Å²) >= 11 is 6.04. The van der Waals surface area contributed by atoms with E-state index in [0.29, 0.717) is 23.7 Å². The van der Waals surface area contributed by atoms with E-state index in [9.17, 15) is 9.59 Å². The Labute approximate surface area is 206 Å². The van der Waals surface area contributed by atoms with Gasteiger partial charge in [-0.15, -0.1) is 0 Å². The number of carbonyl (C=O) groups is 2. The first kappa shape index (κ1) is 24.3. The fourth-order valence-electron chi connectivity index (χ4n) is 4.66. The quantitative estimate of drug-likeness (QED) is 0.441. The van der Waals surface area contributed by atoms with E-state index in [0.717, 1.165) is 37.9 Å². The van der Waals surface area contributed by atoms with Crippen LogP contribution in [0.25, 0.3) is 6.08 Å². The molecule has 1 aliphatic carbocycles. The maximum Gasteiger partial charge on any atom is 0.286 e. The second-order valence-corrected chi connectivity index (χ2v) is 9.61. The van der Waals surface area contributed by atoms with Gasteiger partial charge in [0.25, 0.3) is 5.91 Å². The summed E-state index contributed by atoms with van der Waals surface area (Å²) in [4.78, 5) is 27.6. The van der Waals surface area contributed by atoms with Gasteiger partial charge in [-0.05, 0) is 68.6 Å². The molecule has 0 aromatic heterocycles. The summed E-state index contributed by atoms with van der Waals surface area (Å²) in [5.74, 6) is 0.0131. The van der Waals surface area contributed by atoms with E-state index in [4.69, 9.17) is 16.3 Å². The van der Waals surface area contributed by atoms with Crippen molar-refractivity contribution in [3.05, 3.63) is 76.5 Å². The minimum atomic E-state index is -0.247. The lowest BCUT2D eigenvalue weighted by Crippen LogP contribution is -2.54. The largest absolute Gasteiger partial charge is 0.483 e. The molecule has 0 radical (unpaired) electrons. The number of rotatable bonds is 8. The maximum atomic E-state index is 12.7. The third kappa shape index (κ3) is 6.61. The molecule has 4 rings (SSSR count). The van der Waals surface area contributed by atoms with Crippen molar-refractivity contribution in [1.29, 1.82) is 0 Å². The first-order valence-electron chi connectivity index (χ1n) is 11.9. The molecule has 2 aliphatic rings. The van der Waals surface area contributed by atoms with Crippen LogP contribution in [0.1, 0.15) is 36.8 Å². The summed E-state index contributed by atoms with van der Waals surface area (Å²) in [6.07, 6.45) is 4.58. The van der Waals surface area contributed by atoms with Crippen LogP contribution in [0.5, 0.6) is 0 Å². The topological polar surface area (TPSA) is 70.7 Å². The van der Waals surface area contributed by atoms with Gasteiger partial charge in [-0.3, -0.25) is 9.59 Å². The van der Waals surface area contributed by atoms with E-state index in [1.54, 1.807) is 18.2 Å². The summed E-state index contributed by atoms with van der Waals surface area (Å²) in [5, 5.41) is 6.73. The first-order valence-corrected chi connectivity index (χ1v) is 12.3. The smallest absolute Gasteiger partial charge is 0.286 e. The van der Waals surface area contributed by atoms with Gasteiger partial charge in [0.15, 0.2) is 5.76 Å². The lowest BCUT2D eigenvalue weighted by atomic mass is 9.82. The Bertz CT molecular complexity index is 1030. The van der Waals surface area contributed by atoms with Gasteiger partial charge in [-0.2, -0.15) is 0 Å². The lowest BCUT2D eigenvalue weighted by molar-refractivity contribution is -0.134. The number of hydrogen-bond donors (Lipinski definition) is 2. The highest BCUT2D eigenvalue weighted by Crippen LogP contribution is 2.31. The van der Waals surface area contributed by atoms with Crippen molar-refractivity contribution in [2.24, 2.45) is 5.92 Å². The molecule has 1 saturated carbocycles. The zero-order valence-corrected chi connectivity index (χ0v) is 20.3. The summed E-state index contributed by atoms with van der Waals surface area (Å²) in [5.41, 5.74) is 2.10. The predicted octanol–water partition coefficient (Wildman–Crippen LogP) is 4.00. The highest BCUT2D eigenvalue weighted by Gasteiger charge is 2.40. The van der Waals surface area contributed by atoms with Crippen molar-refractivity contribution in [1.82, 2.24) is 15.5 Å². The second kappa shape index (κ2) is 11.5. The monoisotopic (exact) mass is 481 g/mol. The third-order valence-corrected chi connectivity index (χ3v) is 6.67. The van der Waals surface area contributed by atoms with Crippen LogP contribution in [0, 0.1) is 5.92 Å². The van der Waals surface area contributed by atoms with E-state index in [1.165, 1.54) is 5.56 Å². The normalized spacial score (nSPS) is 23.2. The van der Waals surface area contributed by atoms with Crippen molar-refractivity contribution < 1.29 is 14.3 Å². The Kier molecular flexibility index (Phi) is 8.25. The molecular weight excluding hydrogens is 450 g/mol. The fraction of sp³-hybridized carbons (Fsp3) is 0.407. The van der Waals surface area contributed by atoms with Gasteiger partial charge < -0.3 is 20.3 Å². The van der Waals surface area contributed by atoms with Gasteiger partial charge >= 0.3 is 0 Å². The number of ether oxygens (including phenoxy) is 1. The SMILES string of the molecule is CN(CCCNC(=O)C1CCC2O/C(=C/c3cccc(Cl)c3)C(=O)NC2C1)Cc1ccccc1. The molecule has 1 heterocycles. The summed E-state index contributed by atoms with van der Waals surface area (Å²) in [7, 11) is 2.09. The molecule has 1 saturated heterocycles. The Morgan fingerprint density at radius 2 is 2.03 bits per heavy atom. The number of fused-ring (bicyclic) bond motifs is 1. The van der Waals surface area contributed by atoms with Gasteiger partial charge in [0.2, 0.25) is 5.91 Å². The molecule has 180 valence electrons. The third-order valence-electron chi connectivity index (χ3n) is 6.43. The Balaban J connectivity index is 1.20. The van der Waals surface area contributed by atoms with Gasteiger partial charge in [0.1, 0.15) is 6.10 Å². The molecule has 1 aliphatic heterocycles. The highest BCUT2D eigenvalue weighted by atomic mass is 35.5. The fourth-order valence-corrected chi connectivity index (χ4v) is 4.86. The lowest BCUT2D eigenvalue weighted by Gasteiger charge is -2.39. The van der Waals surface area contributed by atoms with Crippen LogP contribution in [-0.2, 0) is 20.9 Å². The molecule has 3 unspecified atom stereocenters. The molecule has 6 nitrogen and oxygen atoms in total. The second-order valence-electron chi connectivity index (χ2n) is 9.18. The predicted molar refractivity (Wildman–Crippen MR) is 134 cm³/mol. The molecule has 2 N–H and O–H groups in total. The standard InChI is InChI=1S/C27H32ClN3O3/c1-31(18-19-7-3-2-4-8-19)14-6-13-29-26(32)21-11-12-24-23(17-21)30-27(33)25(34-24)16-20-9-5-10-22(28)15-20/h2-5,7-10,15-16,21,23-24H,6,11-14,17-18H2,1H3,(H,29,32)(H,30,33)/b25-16+. The minimum absolute atomic E-state index is 0.0682. The van der Waals surface area contributed by atoms with Crippen molar-refractivity contribution >= 4 is 29.5 Å². The van der Waals surface area contributed by atoms with Crippen molar-refractivity contribution in [3.8, 4) is 0 Å². The van der Waals surface area contributed by atoms with Crippen LogP contribution >= 0.6 is 11.6 Å². The van der Waals surface area contributed by atoms with Crippen LogP contribution in [0.2, 0.25) is 5.02 Å². The number of morpholine rings is 1. The molecule has 3 atom stereocenters. The first-order chi connectivity index (χ1) is 16.5. The van der Waals surface area contributed by atoms with Gasteiger partial charge in [-0.1, -0.05) is 54.1 Å². The molecule has 0 bridgehead atoms. The van der Waals surface area contributed by atoms with Crippen LogP contribution in [-0.4, -0.2) is 49.0 Å². The van der Waals surface area contributed by atoms with Gasteiger partial charge in [-0.25, -0.2) is 0 Å². The number of benzene rings is 2. The number of carbonyl (C=O) groups excluding carboxylic acids is 2. The number of halogens is 1. The molecule has 2 fully saturated rings. The molecule has 0 spiro atoms. The van der Waals surface area contributed by atoms with E-state index < -0.39 is 0 Å². The number of nitrogens with zero attached hydrogens (tertiary/aromatic N) is 1. The average Bonchev–Trinajstić information content (AvgIpc) is 2.82. The summed E-state index contributed by atoms with van der Waals surface area (Å²) in [6, 6.07) is 17.5. The maximum absolute atomic E-state index is 12.7. The van der Waals surface area contributed by atoms with E-state index in [2.05, 4.69) is 34.7 Å². The van der Waals surface area contributed by atoms with E-state index in [1.807, 2.05) is 30.3 Å². The molecular formula is C27H32ClN3O3. The highest BCUT2D eigenvalue weighted by molar-refractivity contribution is 6.30. The van der Waals surface area contributed by atoms with Crippen LogP contribution in [0.3, 0.4) is 0 Å².